The molecule has 154 valence electrons. The van der Waals surface area contributed by atoms with Gasteiger partial charge in [-0.05, 0) is 43.5 Å². The predicted octanol–water partition coefficient (Wildman–Crippen LogP) is 3.97. The van der Waals surface area contributed by atoms with Gasteiger partial charge in [-0.2, -0.15) is 4.80 Å². The van der Waals surface area contributed by atoms with Gasteiger partial charge in [0.1, 0.15) is 6.54 Å². The van der Waals surface area contributed by atoms with E-state index in [2.05, 4.69) is 52.9 Å². The van der Waals surface area contributed by atoms with Crippen LogP contribution in [0.15, 0.2) is 30.3 Å². The lowest BCUT2D eigenvalue weighted by atomic mass is 10.0. The summed E-state index contributed by atoms with van der Waals surface area (Å²) in [7, 11) is 1.68. The number of aryl methyl sites for hydroxylation is 1. The first-order chi connectivity index (χ1) is 13.8. The molecule has 29 heavy (non-hydrogen) atoms. The Balaban J connectivity index is 1.76. The summed E-state index contributed by atoms with van der Waals surface area (Å²) in [4.78, 5) is 14.2. The Labute approximate surface area is 171 Å². The van der Waals surface area contributed by atoms with Crippen molar-refractivity contribution in [2.45, 2.75) is 53.1 Å². The SMILES string of the molecule is COC[C@@H](C)n1c(C)cc(C(=O)Cn2nnc(-c3ccc(C(C)C)cc3)n2)c1C. The standard InChI is InChI=1S/C22H29N5O2/c1-14(2)18-7-9-19(10-8-18)22-23-25-26(24-22)12-21(28)20-11-15(3)27(17(20)5)16(4)13-29-6/h7-11,14,16H,12-13H2,1-6H3/t16-/m1/s1. The molecule has 2 aromatic heterocycles. The zero-order valence-corrected chi connectivity index (χ0v) is 18.0. The maximum atomic E-state index is 12.9. The van der Waals surface area contributed by atoms with E-state index in [-0.39, 0.29) is 18.4 Å². The van der Waals surface area contributed by atoms with Crippen LogP contribution >= 0.6 is 0 Å². The molecule has 0 aliphatic carbocycles. The number of carbonyl (C=O) groups is 1. The van der Waals surface area contributed by atoms with Gasteiger partial charge in [0.05, 0.1) is 12.6 Å². The molecule has 0 radical (unpaired) electrons. The molecule has 0 amide bonds. The number of carbonyl (C=O) groups excluding carboxylic acids is 1. The summed E-state index contributed by atoms with van der Waals surface area (Å²) >= 11 is 0. The van der Waals surface area contributed by atoms with E-state index in [1.165, 1.54) is 10.4 Å². The first kappa shape index (κ1) is 20.9. The Kier molecular flexibility index (Phi) is 6.27. The van der Waals surface area contributed by atoms with Crippen molar-refractivity contribution in [2.24, 2.45) is 0 Å². The highest BCUT2D eigenvalue weighted by molar-refractivity contribution is 5.97. The van der Waals surface area contributed by atoms with Gasteiger partial charge in [-0.25, -0.2) is 0 Å². The number of rotatable bonds is 8. The van der Waals surface area contributed by atoms with Crippen molar-refractivity contribution in [1.29, 1.82) is 0 Å². The minimum atomic E-state index is -0.0342. The van der Waals surface area contributed by atoms with Gasteiger partial charge in [-0.1, -0.05) is 38.1 Å². The van der Waals surface area contributed by atoms with Crippen LogP contribution in [0.3, 0.4) is 0 Å². The number of hydrogen-bond acceptors (Lipinski definition) is 5. The van der Waals surface area contributed by atoms with Crippen molar-refractivity contribution in [1.82, 2.24) is 24.8 Å². The second-order valence-electron chi connectivity index (χ2n) is 7.80. The maximum Gasteiger partial charge on any atom is 0.204 e. The first-order valence-corrected chi connectivity index (χ1v) is 9.90. The molecule has 0 unspecified atom stereocenters. The highest BCUT2D eigenvalue weighted by Gasteiger charge is 2.20. The number of hydrogen-bond donors (Lipinski definition) is 0. The van der Waals surface area contributed by atoms with Crippen LogP contribution in [-0.2, 0) is 11.3 Å². The molecule has 0 aliphatic rings. The number of ketones is 1. The Hall–Kier alpha value is -2.80. The molecule has 7 nitrogen and oxygen atoms in total. The summed E-state index contributed by atoms with van der Waals surface area (Å²) in [5.74, 6) is 0.955. The third-order valence-electron chi connectivity index (χ3n) is 5.21. The molecule has 0 aliphatic heterocycles. The highest BCUT2D eigenvalue weighted by atomic mass is 16.5. The zero-order chi connectivity index (χ0) is 21.1. The van der Waals surface area contributed by atoms with E-state index in [0.717, 1.165) is 17.0 Å². The molecule has 0 saturated heterocycles. The van der Waals surface area contributed by atoms with Crippen LogP contribution in [0.1, 0.15) is 60.0 Å². The normalized spacial score (nSPS) is 12.5. The molecular weight excluding hydrogens is 366 g/mol. The summed E-state index contributed by atoms with van der Waals surface area (Å²) in [5, 5.41) is 12.6. The van der Waals surface area contributed by atoms with E-state index >= 15 is 0 Å². The highest BCUT2D eigenvalue weighted by Crippen LogP contribution is 2.22. The van der Waals surface area contributed by atoms with E-state index in [4.69, 9.17) is 4.74 Å². The number of benzene rings is 1. The smallest absolute Gasteiger partial charge is 0.204 e. The molecule has 0 saturated carbocycles. The van der Waals surface area contributed by atoms with Crippen LogP contribution in [0.4, 0.5) is 0 Å². The third-order valence-corrected chi connectivity index (χ3v) is 5.21. The minimum absolute atomic E-state index is 0.0342. The molecule has 1 aromatic carbocycles. The summed E-state index contributed by atoms with van der Waals surface area (Å²) in [6.45, 7) is 11.0. The van der Waals surface area contributed by atoms with E-state index in [1.54, 1.807) is 7.11 Å². The van der Waals surface area contributed by atoms with E-state index in [0.29, 0.717) is 23.9 Å². The maximum absolute atomic E-state index is 12.9. The Morgan fingerprint density at radius 1 is 1.14 bits per heavy atom. The number of tetrazole rings is 1. The van der Waals surface area contributed by atoms with Gasteiger partial charge in [-0.3, -0.25) is 4.79 Å². The van der Waals surface area contributed by atoms with E-state index < -0.39 is 0 Å². The number of methoxy groups -OCH3 is 1. The summed E-state index contributed by atoms with van der Waals surface area (Å²) in [5.41, 5.74) is 4.80. The fourth-order valence-electron chi connectivity index (χ4n) is 3.71. The van der Waals surface area contributed by atoms with Gasteiger partial charge in [0.2, 0.25) is 5.82 Å². The average molecular weight is 396 g/mol. The zero-order valence-electron chi connectivity index (χ0n) is 18.0. The van der Waals surface area contributed by atoms with Crippen molar-refractivity contribution in [2.75, 3.05) is 13.7 Å². The molecule has 0 bridgehead atoms. The summed E-state index contributed by atoms with van der Waals surface area (Å²) in [6, 6.07) is 10.2. The Bertz CT molecular complexity index is 985. The minimum Gasteiger partial charge on any atom is -0.383 e. The molecule has 3 rings (SSSR count). The molecule has 2 heterocycles. The molecule has 1 atom stereocenters. The van der Waals surface area contributed by atoms with E-state index in [9.17, 15) is 4.79 Å². The Morgan fingerprint density at radius 2 is 1.83 bits per heavy atom. The lowest BCUT2D eigenvalue weighted by Crippen LogP contribution is -2.16. The first-order valence-electron chi connectivity index (χ1n) is 9.90. The quantitative estimate of drug-likeness (QED) is 0.540. The lowest BCUT2D eigenvalue weighted by molar-refractivity contribution is 0.0960. The molecule has 3 aromatic rings. The topological polar surface area (TPSA) is 74.8 Å². The van der Waals surface area contributed by atoms with E-state index in [1.807, 2.05) is 32.0 Å². The van der Waals surface area contributed by atoms with Gasteiger partial charge in [0.25, 0.3) is 0 Å². The molecular formula is C22H29N5O2. The third kappa shape index (κ3) is 4.45. The molecule has 0 N–H and O–H groups in total. The second kappa shape index (κ2) is 8.69. The van der Waals surface area contributed by atoms with Crippen molar-refractivity contribution in [3.05, 3.63) is 52.8 Å². The average Bonchev–Trinajstić information content (AvgIpc) is 3.26. The Morgan fingerprint density at radius 3 is 2.45 bits per heavy atom. The van der Waals surface area contributed by atoms with Crippen molar-refractivity contribution >= 4 is 5.78 Å². The van der Waals surface area contributed by atoms with Crippen molar-refractivity contribution in [3.8, 4) is 11.4 Å². The van der Waals surface area contributed by atoms with Crippen LogP contribution in [0.5, 0.6) is 0 Å². The number of ether oxygens (including phenoxy) is 1. The van der Waals surface area contributed by atoms with Gasteiger partial charge in [-0.15, -0.1) is 10.2 Å². The van der Waals surface area contributed by atoms with Crippen molar-refractivity contribution in [3.63, 3.8) is 0 Å². The van der Waals surface area contributed by atoms with Gasteiger partial charge < -0.3 is 9.30 Å². The largest absolute Gasteiger partial charge is 0.383 e. The number of nitrogens with zero attached hydrogens (tertiary/aromatic N) is 5. The molecule has 0 fully saturated rings. The van der Waals surface area contributed by atoms with Gasteiger partial charge in [0.15, 0.2) is 5.78 Å². The van der Waals surface area contributed by atoms with Crippen LogP contribution in [-0.4, -0.2) is 44.3 Å². The fraction of sp³-hybridized carbons (Fsp3) is 0.455. The van der Waals surface area contributed by atoms with Gasteiger partial charge in [0, 0.05) is 29.6 Å². The second-order valence-corrected chi connectivity index (χ2v) is 7.80. The molecule has 0 spiro atoms. The number of aromatic nitrogens is 5. The predicted molar refractivity (Wildman–Crippen MR) is 112 cm³/mol. The summed E-state index contributed by atoms with van der Waals surface area (Å²) < 4.78 is 7.39. The summed E-state index contributed by atoms with van der Waals surface area (Å²) in [6.07, 6.45) is 0. The van der Waals surface area contributed by atoms with Crippen LogP contribution < -0.4 is 0 Å². The fourth-order valence-corrected chi connectivity index (χ4v) is 3.71. The van der Waals surface area contributed by atoms with Crippen molar-refractivity contribution < 1.29 is 9.53 Å². The van der Waals surface area contributed by atoms with Gasteiger partial charge >= 0.3 is 0 Å². The lowest BCUT2D eigenvalue weighted by Gasteiger charge is -2.17. The monoisotopic (exact) mass is 395 g/mol. The van der Waals surface area contributed by atoms with Crippen LogP contribution in [0.2, 0.25) is 0 Å². The van der Waals surface area contributed by atoms with Crippen LogP contribution in [0.25, 0.3) is 11.4 Å². The number of Topliss-reactive ketones (excluding diaryl/α,β-unsaturated/α-hetero) is 1. The van der Waals surface area contributed by atoms with Crippen LogP contribution in [0, 0.1) is 13.8 Å². The molecule has 7 heteroatoms.